The monoisotopic (exact) mass is 366 g/mol. The fourth-order valence-electron chi connectivity index (χ4n) is 3.16. The molecule has 0 N–H and O–H groups in total. The first-order valence-corrected chi connectivity index (χ1v) is 9.51. The van der Waals surface area contributed by atoms with Crippen molar-refractivity contribution in [1.82, 2.24) is 19.1 Å². The van der Waals surface area contributed by atoms with Crippen LogP contribution in [-0.4, -0.2) is 48.3 Å². The maximum absolute atomic E-state index is 13.2. The third-order valence-corrected chi connectivity index (χ3v) is 6.36. The Labute approximate surface area is 147 Å². The predicted octanol–water partition coefficient (Wildman–Crippen LogP) is 1.75. The van der Waals surface area contributed by atoms with Gasteiger partial charge in [0, 0.05) is 19.7 Å². The van der Waals surface area contributed by atoms with Gasteiger partial charge in [0.15, 0.2) is 17.3 Å². The van der Waals surface area contributed by atoms with E-state index in [1.54, 1.807) is 23.0 Å². The molecule has 1 saturated heterocycles. The molecule has 1 unspecified atom stereocenters. The maximum Gasteiger partial charge on any atom is 0.243 e. The summed E-state index contributed by atoms with van der Waals surface area (Å²) in [6, 6.07) is 4.32. The minimum absolute atomic E-state index is 0.180. The van der Waals surface area contributed by atoms with E-state index in [9.17, 15) is 8.42 Å². The lowest BCUT2D eigenvalue weighted by molar-refractivity contribution is 0.242. The molecule has 1 aliphatic heterocycles. The van der Waals surface area contributed by atoms with E-state index in [2.05, 4.69) is 10.2 Å². The van der Waals surface area contributed by atoms with Crippen LogP contribution in [-0.2, 0) is 17.1 Å². The Balaban J connectivity index is 2.01. The number of piperidine rings is 1. The molecule has 1 atom stereocenters. The number of methoxy groups -OCH3 is 2. The molecule has 25 heavy (non-hydrogen) atoms. The quantitative estimate of drug-likeness (QED) is 0.801. The number of rotatable bonds is 5. The van der Waals surface area contributed by atoms with Gasteiger partial charge >= 0.3 is 0 Å². The third-order valence-electron chi connectivity index (χ3n) is 4.46. The first kappa shape index (κ1) is 17.7. The van der Waals surface area contributed by atoms with Crippen LogP contribution >= 0.6 is 0 Å². The molecule has 0 bridgehead atoms. The number of hydrogen-bond acceptors (Lipinski definition) is 6. The van der Waals surface area contributed by atoms with E-state index < -0.39 is 10.0 Å². The van der Waals surface area contributed by atoms with Gasteiger partial charge in [0.1, 0.15) is 6.33 Å². The lowest BCUT2D eigenvalue weighted by atomic mass is 10.0. The van der Waals surface area contributed by atoms with Gasteiger partial charge in [-0.2, -0.15) is 4.31 Å². The smallest absolute Gasteiger partial charge is 0.243 e. The molecule has 0 radical (unpaired) electrons. The molecule has 9 heteroatoms. The highest BCUT2D eigenvalue weighted by atomic mass is 32.2. The topological polar surface area (TPSA) is 86.6 Å². The second kappa shape index (κ2) is 7.01. The van der Waals surface area contributed by atoms with E-state index in [1.165, 1.54) is 24.6 Å². The van der Waals surface area contributed by atoms with Gasteiger partial charge in [-0.05, 0) is 25.0 Å². The average Bonchev–Trinajstić information content (AvgIpc) is 3.06. The SMILES string of the molecule is COc1ccc(S(=O)(=O)N2CCCCC2c2nncn2C)cc1OC. The second-order valence-corrected chi connectivity index (χ2v) is 7.83. The van der Waals surface area contributed by atoms with Crippen molar-refractivity contribution >= 4 is 10.0 Å². The molecule has 3 rings (SSSR count). The van der Waals surface area contributed by atoms with Crippen LogP contribution in [0.2, 0.25) is 0 Å². The van der Waals surface area contributed by atoms with Crippen molar-refractivity contribution in [1.29, 1.82) is 0 Å². The van der Waals surface area contributed by atoms with Crippen molar-refractivity contribution in [2.75, 3.05) is 20.8 Å². The van der Waals surface area contributed by atoms with E-state index in [0.717, 1.165) is 19.3 Å². The lowest BCUT2D eigenvalue weighted by Crippen LogP contribution is -2.39. The van der Waals surface area contributed by atoms with Crippen LogP contribution in [0.4, 0.5) is 0 Å². The van der Waals surface area contributed by atoms with Crippen molar-refractivity contribution in [3.8, 4) is 11.5 Å². The largest absolute Gasteiger partial charge is 0.493 e. The minimum atomic E-state index is -3.69. The van der Waals surface area contributed by atoms with Gasteiger partial charge in [0.2, 0.25) is 10.0 Å². The zero-order valence-corrected chi connectivity index (χ0v) is 15.4. The van der Waals surface area contributed by atoms with Gasteiger partial charge in [-0.1, -0.05) is 6.42 Å². The Morgan fingerprint density at radius 2 is 1.92 bits per heavy atom. The summed E-state index contributed by atoms with van der Waals surface area (Å²) < 4.78 is 40.2. The van der Waals surface area contributed by atoms with Crippen LogP contribution in [0.3, 0.4) is 0 Å². The van der Waals surface area contributed by atoms with Gasteiger partial charge in [0.25, 0.3) is 0 Å². The molecule has 2 aromatic rings. The predicted molar refractivity (Wildman–Crippen MR) is 91.0 cm³/mol. The highest BCUT2D eigenvalue weighted by molar-refractivity contribution is 7.89. The van der Waals surface area contributed by atoms with Crippen molar-refractivity contribution in [2.45, 2.75) is 30.2 Å². The molecule has 1 aliphatic rings. The second-order valence-electron chi connectivity index (χ2n) is 5.94. The fourth-order valence-corrected chi connectivity index (χ4v) is 4.83. The van der Waals surface area contributed by atoms with E-state index in [4.69, 9.17) is 9.47 Å². The first-order chi connectivity index (χ1) is 12.0. The maximum atomic E-state index is 13.2. The number of ether oxygens (including phenoxy) is 2. The molecule has 8 nitrogen and oxygen atoms in total. The summed E-state index contributed by atoms with van der Waals surface area (Å²) in [7, 11) is 1.13. The van der Waals surface area contributed by atoms with Gasteiger partial charge in [-0.25, -0.2) is 8.42 Å². The highest BCUT2D eigenvalue weighted by Crippen LogP contribution is 2.36. The number of aromatic nitrogens is 3. The normalized spacial score (nSPS) is 18.9. The molecule has 1 aromatic carbocycles. The van der Waals surface area contributed by atoms with E-state index in [0.29, 0.717) is 23.9 Å². The molecule has 0 spiro atoms. The van der Waals surface area contributed by atoms with Gasteiger partial charge in [-0.3, -0.25) is 0 Å². The van der Waals surface area contributed by atoms with Crippen molar-refractivity contribution in [3.63, 3.8) is 0 Å². The highest BCUT2D eigenvalue weighted by Gasteiger charge is 2.37. The Bertz CT molecular complexity index is 850. The number of nitrogens with zero attached hydrogens (tertiary/aromatic N) is 4. The molecule has 136 valence electrons. The Hall–Kier alpha value is -2.13. The van der Waals surface area contributed by atoms with Crippen LogP contribution in [0.5, 0.6) is 11.5 Å². The number of benzene rings is 1. The van der Waals surface area contributed by atoms with Crippen LogP contribution in [0.1, 0.15) is 31.1 Å². The molecule has 0 aliphatic carbocycles. The van der Waals surface area contributed by atoms with E-state index in [-0.39, 0.29) is 10.9 Å². The summed E-state index contributed by atoms with van der Waals surface area (Å²) in [5, 5.41) is 8.01. The van der Waals surface area contributed by atoms with E-state index in [1.807, 2.05) is 7.05 Å². The van der Waals surface area contributed by atoms with Gasteiger partial charge in [-0.15, -0.1) is 10.2 Å². The zero-order valence-electron chi connectivity index (χ0n) is 14.5. The fraction of sp³-hybridized carbons (Fsp3) is 0.500. The average molecular weight is 366 g/mol. The summed E-state index contributed by atoms with van der Waals surface area (Å²) >= 11 is 0. The number of aryl methyl sites for hydroxylation is 1. The molecular formula is C16H22N4O4S. The zero-order chi connectivity index (χ0) is 18.0. The van der Waals surface area contributed by atoms with Crippen LogP contribution < -0.4 is 9.47 Å². The van der Waals surface area contributed by atoms with Crippen LogP contribution in [0, 0.1) is 0 Å². The summed E-state index contributed by atoms with van der Waals surface area (Å²) in [6.07, 6.45) is 4.08. The van der Waals surface area contributed by atoms with Crippen molar-refractivity contribution in [2.24, 2.45) is 7.05 Å². The standard InChI is InChI=1S/C16H22N4O4S/c1-19-11-17-18-16(19)13-6-4-5-9-20(13)25(21,22)12-7-8-14(23-2)15(10-12)24-3/h7-8,10-11,13H,4-6,9H2,1-3H3. The number of sulfonamides is 1. The Morgan fingerprint density at radius 3 is 2.56 bits per heavy atom. The van der Waals surface area contributed by atoms with Crippen molar-refractivity contribution < 1.29 is 17.9 Å². The molecule has 2 heterocycles. The molecule has 1 aromatic heterocycles. The summed E-state index contributed by atoms with van der Waals surface area (Å²) in [5.41, 5.74) is 0. The van der Waals surface area contributed by atoms with Crippen LogP contribution in [0.15, 0.2) is 29.4 Å². The first-order valence-electron chi connectivity index (χ1n) is 8.06. The number of hydrogen-bond donors (Lipinski definition) is 0. The molecule has 1 fully saturated rings. The third kappa shape index (κ3) is 3.21. The molecule has 0 saturated carbocycles. The van der Waals surface area contributed by atoms with Crippen LogP contribution in [0.25, 0.3) is 0 Å². The molecule has 0 amide bonds. The molecular weight excluding hydrogens is 344 g/mol. The van der Waals surface area contributed by atoms with E-state index >= 15 is 0 Å². The minimum Gasteiger partial charge on any atom is -0.493 e. The summed E-state index contributed by atoms with van der Waals surface area (Å²) in [4.78, 5) is 0.180. The van der Waals surface area contributed by atoms with Crippen molar-refractivity contribution in [3.05, 3.63) is 30.4 Å². The summed E-state index contributed by atoms with van der Waals surface area (Å²) in [6.45, 7) is 0.453. The summed E-state index contributed by atoms with van der Waals surface area (Å²) in [5.74, 6) is 1.53. The van der Waals surface area contributed by atoms with Gasteiger partial charge < -0.3 is 14.0 Å². The van der Waals surface area contributed by atoms with Gasteiger partial charge in [0.05, 0.1) is 25.2 Å². The lowest BCUT2D eigenvalue weighted by Gasteiger charge is -2.33. The Kier molecular flexibility index (Phi) is 4.96. The Morgan fingerprint density at radius 1 is 1.16 bits per heavy atom.